The molecule has 0 aliphatic heterocycles. The van der Waals surface area contributed by atoms with Gasteiger partial charge in [0, 0.05) is 41.2 Å². The molecule has 1 heterocycles. The van der Waals surface area contributed by atoms with Crippen molar-refractivity contribution in [2.24, 2.45) is 0 Å². The number of hydrogen-bond acceptors (Lipinski definition) is 5. The number of carbonyl (C=O) groups is 1. The van der Waals surface area contributed by atoms with E-state index in [2.05, 4.69) is 9.97 Å². The summed E-state index contributed by atoms with van der Waals surface area (Å²) in [6.07, 6.45) is -2.52. The van der Waals surface area contributed by atoms with Gasteiger partial charge in [0.15, 0.2) is 6.29 Å². The lowest BCUT2D eigenvalue weighted by molar-refractivity contribution is -0.384. The fourth-order valence-corrected chi connectivity index (χ4v) is 1.62. The first-order chi connectivity index (χ1) is 9.82. The topological polar surface area (TPSA) is 86.0 Å². The lowest BCUT2D eigenvalue weighted by atomic mass is 10.0. The largest absolute Gasteiger partial charge is 0.451 e. The monoisotopic (exact) mass is 297 g/mol. The Bertz CT molecular complexity index is 699. The predicted octanol–water partition coefficient (Wildman–Crippen LogP) is 2.88. The van der Waals surface area contributed by atoms with Crippen LogP contribution in [0.4, 0.5) is 18.9 Å². The van der Waals surface area contributed by atoms with Gasteiger partial charge in [-0.25, -0.2) is 9.97 Å². The fraction of sp³-hybridized carbons (Fsp3) is 0.0833. The predicted molar refractivity (Wildman–Crippen MR) is 64.5 cm³/mol. The van der Waals surface area contributed by atoms with Crippen LogP contribution in [0.1, 0.15) is 16.2 Å². The van der Waals surface area contributed by atoms with Crippen LogP contribution in [0.25, 0.3) is 11.1 Å². The maximum atomic E-state index is 12.4. The summed E-state index contributed by atoms with van der Waals surface area (Å²) >= 11 is 0. The number of benzene rings is 1. The maximum Gasteiger partial charge on any atom is 0.451 e. The number of alkyl halides is 3. The molecule has 0 saturated carbocycles. The molecular weight excluding hydrogens is 291 g/mol. The standard InChI is InChI=1S/C12H6F3N3O3/c13-12(14,15)11-16-4-8(5-17-11)10-3-9(18(20)21)2-1-7(10)6-19/h1-6H. The van der Waals surface area contributed by atoms with Crippen molar-refractivity contribution >= 4 is 12.0 Å². The normalized spacial score (nSPS) is 11.2. The zero-order chi connectivity index (χ0) is 15.6. The number of halogens is 3. The van der Waals surface area contributed by atoms with Crippen molar-refractivity contribution in [3.63, 3.8) is 0 Å². The van der Waals surface area contributed by atoms with Gasteiger partial charge in [-0.15, -0.1) is 0 Å². The first-order valence-electron chi connectivity index (χ1n) is 5.46. The van der Waals surface area contributed by atoms with E-state index in [4.69, 9.17) is 0 Å². The zero-order valence-electron chi connectivity index (χ0n) is 10.2. The molecule has 0 bridgehead atoms. The summed E-state index contributed by atoms with van der Waals surface area (Å²) in [5.41, 5.74) is -0.0406. The Morgan fingerprint density at radius 3 is 2.29 bits per heavy atom. The quantitative estimate of drug-likeness (QED) is 0.494. The minimum Gasteiger partial charge on any atom is -0.298 e. The molecule has 0 radical (unpaired) electrons. The van der Waals surface area contributed by atoms with Crippen LogP contribution in [0.2, 0.25) is 0 Å². The lowest BCUT2D eigenvalue weighted by Crippen LogP contribution is -2.10. The molecule has 0 atom stereocenters. The molecule has 2 aromatic rings. The van der Waals surface area contributed by atoms with E-state index in [1.807, 2.05) is 0 Å². The molecule has 21 heavy (non-hydrogen) atoms. The van der Waals surface area contributed by atoms with Gasteiger partial charge in [-0.1, -0.05) is 0 Å². The highest BCUT2D eigenvalue weighted by Crippen LogP contribution is 2.29. The smallest absolute Gasteiger partial charge is 0.298 e. The SMILES string of the molecule is O=Cc1ccc([N+](=O)[O-])cc1-c1cnc(C(F)(F)F)nc1. The number of nitro benzene ring substituents is 1. The van der Waals surface area contributed by atoms with E-state index >= 15 is 0 Å². The molecule has 6 nitrogen and oxygen atoms in total. The van der Waals surface area contributed by atoms with Gasteiger partial charge in [0.25, 0.3) is 5.69 Å². The van der Waals surface area contributed by atoms with E-state index in [0.29, 0.717) is 6.29 Å². The third-order valence-electron chi connectivity index (χ3n) is 2.59. The summed E-state index contributed by atoms with van der Waals surface area (Å²) in [4.78, 5) is 27.3. The van der Waals surface area contributed by atoms with E-state index in [0.717, 1.165) is 24.5 Å². The van der Waals surface area contributed by atoms with Gasteiger partial charge in [0.2, 0.25) is 5.82 Å². The van der Waals surface area contributed by atoms with Crippen molar-refractivity contribution < 1.29 is 22.9 Å². The summed E-state index contributed by atoms with van der Waals surface area (Å²) in [5, 5.41) is 10.7. The van der Waals surface area contributed by atoms with Gasteiger partial charge in [-0.2, -0.15) is 13.2 Å². The van der Waals surface area contributed by atoms with E-state index in [1.54, 1.807) is 0 Å². The third-order valence-corrected chi connectivity index (χ3v) is 2.59. The first kappa shape index (κ1) is 14.6. The van der Waals surface area contributed by atoms with Gasteiger partial charge >= 0.3 is 6.18 Å². The summed E-state index contributed by atoms with van der Waals surface area (Å²) < 4.78 is 37.1. The molecule has 0 amide bonds. The number of aldehydes is 1. The number of aromatic nitrogens is 2. The van der Waals surface area contributed by atoms with Gasteiger partial charge in [-0.05, 0) is 6.07 Å². The number of hydrogen-bond donors (Lipinski definition) is 0. The van der Waals surface area contributed by atoms with E-state index in [1.165, 1.54) is 6.07 Å². The Balaban J connectivity index is 2.52. The van der Waals surface area contributed by atoms with Gasteiger partial charge in [0.1, 0.15) is 0 Å². The van der Waals surface area contributed by atoms with Gasteiger partial charge < -0.3 is 0 Å². The van der Waals surface area contributed by atoms with Crippen molar-refractivity contribution in [1.82, 2.24) is 9.97 Å². The molecule has 0 fully saturated rings. The molecule has 0 N–H and O–H groups in total. The minimum absolute atomic E-state index is 0.0776. The van der Waals surface area contributed by atoms with Crippen LogP contribution >= 0.6 is 0 Å². The highest BCUT2D eigenvalue weighted by molar-refractivity contribution is 5.88. The number of rotatable bonds is 3. The van der Waals surface area contributed by atoms with Crippen LogP contribution in [0, 0.1) is 10.1 Å². The van der Waals surface area contributed by atoms with Crippen molar-refractivity contribution in [3.8, 4) is 11.1 Å². The van der Waals surface area contributed by atoms with Crippen LogP contribution in [0.5, 0.6) is 0 Å². The molecule has 1 aromatic heterocycles. The van der Waals surface area contributed by atoms with Crippen molar-refractivity contribution in [3.05, 3.63) is 52.1 Å². The van der Waals surface area contributed by atoms with Gasteiger partial charge in [-0.3, -0.25) is 14.9 Å². The molecular formula is C12H6F3N3O3. The summed E-state index contributed by atoms with van der Waals surface area (Å²) in [6, 6.07) is 3.41. The number of nitro groups is 1. The first-order valence-corrected chi connectivity index (χ1v) is 5.46. The Hall–Kier alpha value is -2.84. The molecule has 0 spiro atoms. The Kier molecular flexibility index (Phi) is 3.66. The molecule has 1 aromatic carbocycles. The maximum absolute atomic E-state index is 12.4. The molecule has 108 valence electrons. The van der Waals surface area contributed by atoms with E-state index in [9.17, 15) is 28.1 Å². The summed E-state index contributed by atoms with van der Waals surface area (Å²) in [5.74, 6) is -1.33. The van der Waals surface area contributed by atoms with Crippen LogP contribution in [-0.4, -0.2) is 21.2 Å². The molecule has 2 rings (SSSR count). The molecule has 9 heteroatoms. The van der Waals surface area contributed by atoms with Crippen molar-refractivity contribution in [2.75, 3.05) is 0 Å². The average molecular weight is 297 g/mol. The van der Waals surface area contributed by atoms with Crippen LogP contribution in [0.15, 0.2) is 30.6 Å². The summed E-state index contributed by atoms with van der Waals surface area (Å²) in [7, 11) is 0. The molecule has 0 aliphatic rings. The van der Waals surface area contributed by atoms with E-state index in [-0.39, 0.29) is 22.4 Å². The second-order valence-corrected chi connectivity index (χ2v) is 3.94. The zero-order valence-corrected chi connectivity index (χ0v) is 10.2. The van der Waals surface area contributed by atoms with Crippen LogP contribution in [0.3, 0.4) is 0 Å². The number of carbonyl (C=O) groups excluding carboxylic acids is 1. The average Bonchev–Trinajstić information content (AvgIpc) is 2.45. The minimum atomic E-state index is -4.69. The van der Waals surface area contributed by atoms with Crippen molar-refractivity contribution in [1.29, 1.82) is 0 Å². The van der Waals surface area contributed by atoms with Crippen LogP contribution < -0.4 is 0 Å². The number of non-ortho nitro benzene ring substituents is 1. The molecule has 0 saturated heterocycles. The molecule has 0 unspecified atom stereocenters. The second kappa shape index (κ2) is 5.27. The van der Waals surface area contributed by atoms with E-state index < -0.39 is 16.9 Å². The van der Waals surface area contributed by atoms with Crippen LogP contribution in [-0.2, 0) is 6.18 Å². The highest BCUT2D eigenvalue weighted by atomic mass is 19.4. The third kappa shape index (κ3) is 3.02. The molecule has 0 aliphatic carbocycles. The van der Waals surface area contributed by atoms with Gasteiger partial charge in [0.05, 0.1) is 4.92 Å². The second-order valence-electron chi connectivity index (χ2n) is 3.94. The highest BCUT2D eigenvalue weighted by Gasteiger charge is 2.34. The Morgan fingerprint density at radius 2 is 1.81 bits per heavy atom. The fourth-order valence-electron chi connectivity index (χ4n) is 1.62. The Morgan fingerprint density at radius 1 is 1.19 bits per heavy atom. The van der Waals surface area contributed by atoms with Crippen molar-refractivity contribution in [2.45, 2.75) is 6.18 Å². The Labute approximate surface area is 115 Å². The lowest BCUT2D eigenvalue weighted by Gasteiger charge is -2.07. The summed E-state index contributed by atoms with van der Waals surface area (Å²) in [6.45, 7) is 0. The number of nitrogens with zero attached hydrogens (tertiary/aromatic N) is 3.